The molecule has 0 radical (unpaired) electrons. The number of likely N-dealkylation sites (tertiary alicyclic amines) is 1. The van der Waals surface area contributed by atoms with Gasteiger partial charge >= 0.3 is 0 Å². The molecule has 1 heterocycles. The maximum atomic E-state index is 12.5. The Morgan fingerprint density at radius 1 is 0.793 bits per heavy atom. The first kappa shape index (κ1) is 20.1. The third-order valence-electron chi connectivity index (χ3n) is 6.67. The molecule has 1 aliphatic carbocycles. The van der Waals surface area contributed by atoms with Crippen LogP contribution in [0, 0.1) is 5.92 Å². The van der Waals surface area contributed by atoms with Crippen LogP contribution in [0.4, 0.5) is 0 Å². The van der Waals surface area contributed by atoms with Gasteiger partial charge in [0.1, 0.15) is 5.78 Å². The molecular formula is C27H33NO. The summed E-state index contributed by atoms with van der Waals surface area (Å²) in [5, 5.41) is 0. The number of benzene rings is 2. The summed E-state index contributed by atoms with van der Waals surface area (Å²) in [6.45, 7) is 3.07. The van der Waals surface area contributed by atoms with E-state index in [9.17, 15) is 4.79 Å². The van der Waals surface area contributed by atoms with Gasteiger partial charge in [-0.3, -0.25) is 4.79 Å². The van der Waals surface area contributed by atoms with Gasteiger partial charge < -0.3 is 4.90 Å². The lowest BCUT2D eigenvalue weighted by Gasteiger charge is -2.30. The summed E-state index contributed by atoms with van der Waals surface area (Å²) >= 11 is 0. The van der Waals surface area contributed by atoms with E-state index in [0.717, 1.165) is 51.7 Å². The van der Waals surface area contributed by atoms with Gasteiger partial charge in [-0.2, -0.15) is 0 Å². The zero-order valence-electron chi connectivity index (χ0n) is 17.5. The minimum Gasteiger partial charge on any atom is -0.302 e. The first-order valence-electron chi connectivity index (χ1n) is 11.4. The largest absolute Gasteiger partial charge is 0.302 e. The van der Waals surface area contributed by atoms with Crippen molar-refractivity contribution < 1.29 is 4.79 Å². The predicted octanol–water partition coefficient (Wildman–Crippen LogP) is 6.12. The first-order valence-corrected chi connectivity index (χ1v) is 11.4. The molecule has 2 aliphatic rings. The summed E-state index contributed by atoms with van der Waals surface area (Å²) in [4.78, 5) is 15.0. The highest BCUT2D eigenvalue weighted by Crippen LogP contribution is 2.32. The fourth-order valence-electron chi connectivity index (χ4n) is 4.98. The van der Waals surface area contributed by atoms with Crippen LogP contribution in [0.1, 0.15) is 62.5 Å². The lowest BCUT2D eigenvalue weighted by atomic mass is 9.85. The highest BCUT2D eigenvalue weighted by molar-refractivity contribution is 5.82. The Bertz CT molecular complexity index is 767. The fourth-order valence-corrected chi connectivity index (χ4v) is 4.98. The van der Waals surface area contributed by atoms with E-state index in [1.54, 1.807) is 5.57 Å². The normalized spacial score (nSPS) is 18.6. The molecule has 2 aromatic rings. The summed E-state index contributed by atoms with van der Waals surface area (Å²) in [5.41, 5.74) is 5.59. The molecule has 0 N–H and O–H groups in total. The average Bonchev–Trinajstić information content (AvgIpc) is 2.80. The van der Waals surface area contributed by atoms with Crippen LogP contribution in [0.5, 0.6) is 0 Å². The van der Waals surface area contributed by atoms with E-state index in [0.29, 0.717) is 11.7 Å². The Labute approximate surface area is 175 Å². The van der Waals surface area contributed by atoms with E-state index >= 15 is 0 Å². The first-order chi connectivity index (χ1) is 14.3. The number of hydrogen-bond donors (Lipinski definition) is 0. The number of Topliss-reactive ketones (excluding diaryl/α,β-unsaturated/α-hetero) is 1. The predicted molar refractivity (Wildman–Crippen MR) is 121 cm³/mol. The highest BCUT2D eigenvalue weighted by atomic mass is 16.1. The number of hydrogen-bond acceptors (Lipinski definition) is 2. The molecule has 152 valence electrons. The lowest BCUT2D eigenvalue weighted by molar-refractivity contribution is -0.124. The van der Waals surface area contributed by atoms with Crippen molar-refractivity contribution in [1.29, 1.82) is 0 Å². The van der Waals surface area contributed by atoms with Crippen LogP contribution in [0.15, 0.2) is 66.2 Å². The van der Waals surface area contributed by atoms with Gasteiger partial charge in [-0.15, -0.1) is 0 Å². The van der Waals surface area contributed by atoms with E-state index in [-0.39, 0.29) is 0 Å². The van der Waals surface area contributed by atoms with Crippen LogP contribution >= 0.6 is 0 Å². The van der Waals surface area contributed by atoms with Crippen molar-refractivity contribution in [3.8, 4) is 0 Å². The van der Waals surface area contributed by atoms with Crippen molar-refractivity contribution in [3.05, 3.63) is 77.4 Å². The molecule has 0 aromatic heterocycles. The van der Waals surface area contributed by atoms with E-state index in [1.165, 1.54) is 36.0 Å². The molecule has 1 aliphatic heterocycles. The van der Waals surface area contributed by atoms with Crippen molar-refractivity contribution in [2.75, 3.05) is 19.6 Å². The summed E-state index contributed by atoms with van der Waals surface area (Å²) < 4.78 is 0. The Balaban J connectivity index is 1.41. The van der Waals surface area contributed by atoms with Gasteiger partial charge in [0.15, 0.2) is 0 Å². The molecule has 2 nitrogen and oxygen atoms in total. The molecule has 1 saturated carbocycles. The summed E-state index contributed by atoms with van der Waals surface area (Å²) in [6, 6.07) is 21.6. The lowest BCUT2D eigenvalue weighted by Crippen LogP contribution is -2.34. The molecule has 29 heavy (non-hydrogen) atoms. The second-order valence-corrected chi connectivity index (χ2v) is 8.60. The monoisotopic (exact) mass is 387 g/mol. The van der Waals surface area contributed by atoms with E-state index in [1.807, 2.05) is 0 Å². The van der Waals surface area contributed by atoms with Gasteiger partial charge in [-0.25, -0.2) is 0 Å². The van der Waals surface area contributed by atoms with Crippen molar-refractivity contribution >= 4 is 11.4 Å². The molecule has 0 unspecified atom stereocenters. The van der Waals surface area contributed by atoms with E-state index < -0.39 is 0 Å². The van der Waals surface area contributed by atoms with E-state index in [4.69, 9.17) is 0 Å². The zero-order chi connectivity index (χ0) is 19.9. The Kier molecular flexibility index (Phi) is 6.95. The number of carbonyl (C=O) groups is 1. The number of nitrogens with zero attached hydrogens (tertiary/aromatic N) is 1. The Hall–Kier alpha value is -2.19. The standard InChI is InChI=1S/C27H33NO/c29-26(22-10-4-1-5-11-22)18-21-28-19-16-25(17-20-28)27(23-12-6-2-7-13-23)24-14-8-3-9-15-24/h2-3,6-9,12-15,22H,1,4-5,10-11,16-21H2. The maximum absolute atomic E-state index is 12.5. The quantitative estimate of drug-likeness (QED) is 0.595. The van der Waals surface area contributed by atoms with Gasteiger partial charge in [-0.1, -0.05) is 85.5 Å². The second-order valence-electron chi connectivity index (χ2n) is 8.60. The molecule has 1 saturated heterocycles. The number of rotatable bonds is 6. The van der Waals surface area contributed by atoms with Gasteiger partial charge in [0, 0.05) is 32.0 Å². The smallest absolute Gasteiger partial charge is 0.137 e. The average molecular weight is 388 g/mol. The van der Waals surface area contributed by atoms with Gasteiger partial charge in [0.05, 0.1) is 0 Å². The van der Waals surface area contributed by atoms with Crippen LogP contribution in [-0.4, -0.2) is 30.3 Å². The highest BCUT2D eigenvalue weighted by Gasteiger charge is 2.23. The Morgan fingerprint density at radius 3 is 1.90 bits per heavy atom. The summed E-state index contributed by atoms with van der Waals surface area (Å²) in [6.07, 6.45) is 9.00. The minimum absolute atomic E-state index is 0.353. The molecule has 0 atom stereocenters. The molecule has 0 bridgehead atoms. The Morgan fingerprint density at radius 2 is 1.34 bits per heavy atom. The molecular weight excluding hydrogens is 354 g/mol. The van der Waals surface area contributed by atoms with Crippen LogP contribution in [0.2, 0.25) is 0 Å². The van der Waals surface area contributed by atoms with Crippen LogP contribution in [0.3, 0.4) is 0 Å². The summed E-state index contributed by atoms with van der Waals surface area (Å²) in [5.74, 6) is 0.868. The van der Waals surface area contributed by atoms with Crippen LogP contribution in [0.25, 0.3) is 5.57 Å². The van der Waals surface area contributed by atoms with Crippen molar-refractivity contribution in [1.82, 2.24) is 4.90 Å². The maximum Gasteiger partial charge on any atom is 0.137 e. The van der Waals surface area contributed by atoms with Gasteiger partial charge in [0.25, 0.3) is 0 Å². The second kappa shape index (κ2) is 10.0. The molecule has 2 fully saturated rings. The molecule has 2 heteroatoms. The molecule has 2 aromatic carbocycles. The third-order valence-corrected chi connectivity index (χ3v) is 6.67. The molecule has 0 amide bonds. The molecule has 4 rings (SSSR count). The van der Waals surface area contributed by atoms with Gasteiger partial charge in [-0.05, 0) is 42.4 Å². The van der Waals surface area contributed by atoms with Crippen molar-refractivity contribution in [3.63, 3.8) is 0 Å². The van der Waals surface area contributed by atoms with Crippen LogP contribution in [-0.2, 0) is 4.79 Å². The fraction of sp³-hybridized carbons (Fsp3) is 0.444. The van der Waals surface area contributed by atoms with E-state index in [2.05, 4.69) is 65.6 Å². The zero-order valence-corrected chi connectivity index (χ0v) is 17.5. The third kappa shape index (κ3) is 5.25. The van der Waals surface area contributed by atoms with Crippen molar-refractivity contribution in [2.45, 2.75) is 51.4 Å². The number of piperidine rings is 1. The minimum atomic E-state index is 0.353. The van der Waals surface area contributed by atoms with Crippen LogP contribution < -0.4 is 0 Å². The summed E-state index contributed by atoms with van der Waals surface area (Å²) in [7, 11) is 0. The number of carbonyl (C=O) groups excluding carboxylic acids is 1. The SMILES string of the molecule is O=C(CCN1CCC(=C(c2ccccc2)c2ccccc2)CC1)C1CCCCC1. The number of ketones is 1. The topological polar surface area (TPSA) is 20.3 Å². The molecule has 0 spiro atoms. The van der Waals surface area contributed by atoms with Gasteiger partial charge in [0.2, 0.25) is 0 Å². The van der Waals surface area contributed by atoms with Crippen molar-refractivity contribution in [2.24, 2.45) is 5.92 Å².